The molecular formula is C22H27FN4O3. The van der Waals surface area contributed by atoms with Crippen molar-refractivity contribution in [2.45, 2.75) is 26.3 Å². The number of rotatable bonds is 6. The highest BCUT2D eigenvalue weighted by molar-refractivity contribution is 6.46. The molecule has 1 atom stereocenters. The summed E-state index contributed by atoms with van der Waals surface area (Å²) in [5, 5.41) is 15.4. The number of hydrogen-bond acceptors (Lipinski definition) is 5. The predicted octanol–water partition coefficient (Wildman–Crippen LogP) is 2.55. The van der Waals surface area contributed by atoms with Crippen LogP contribution in [0.3, 0.4) is 0 Å². The van der Waals surface area contributed by atoms with Crippen LogP contribution in [0.15, 0.2) is 29.8 Å². The van der Waals surface area contributed by atoms with Gasteiger partial charge in [0.25, 0.3) is 11.7 Å². The second-order valence-corrected chi connectivity index (χ2v) is 7.84. The number of Topliss-reactive ketones (excluding diaryl/α,β-unsaturated/α-hetero) is 1. The van der Waals surface area contributed by atoms with E-state index in [1.165, 1.54) is 11.0 Å². The first-order chi connectivity index (χ1) is 14.1. The minimum Gasteiger partial charge on any atom is -0.507 e. The summed E-state index contributed by atoms with van der Waals surface area (Å²) in [6.07, 6.45) is 0.607. The maximum absolute atomic E-state index is 14.7. The number of aliphatic hydroxyl groups is 1. The molecular weight excluding hydrogens is 387 g/mol. The van der Waals surface area contributed by atoms with Gasteiger partial charge in [0.15, 0.2) is 0 Å². The topological polar surface area (TPSA) is 78.7 Å². The molecule has 30 heavy (non-hydrogen) atoms. The standard InChI is InChI=1S/C22H27FN4O3/c1-13-17(14(2)26(5)24-13)20(28)18-19(15-9-6-7-10-16(15)23)27(22(30)21(18)29)12-8-11-25(3)4/h6-7,9-10,19,28H,8,11-12H2,1-5H3. The van der Waals surface area contributed by atoms with Crippen molar-refractivity contribution in [2.24, 2.45) is 7.05 Å². The number of halogens is 1. The first-order valence-electron chi connectivity index (χ1n) is 9.83. The van der Waals surface area contributed by atoms with Crippen LogP contribution in [0.1, 0.15) is 35.0 Å². The van der Waals surface area contributed by atoms with Gasteiger partial charge in [0.05, 0.1) is 22.9 Å². The van der Waals surface area contributed by atoms with Crippen LogP contribution in [0.5, 0.6) is 0 Å². The molecule has 1 aromatic heterocycles. The van der Waals surface area contributed by atoms with Crippen molar-refractivity contribution in [3.63, 3.8) is 0 Å². The lowest BCUT2D eigenvalue weighted by Crippen LogP contribution is -2.32. The molecule has 3 rings (SSSR count). The zero-order valence-electron chi connectivity index (χ0n) is 17.9. The smallest absolute Gasteiger partial charge is 0.295 e. The molecule has 0 spiro atoms. The lowest BCUT2D eigenvalue weighted by atomic mass is 9.94. The fourth-order valence-electron chi connectivity index (χ4n) is 3.94. The molecule has 1 aromatic carbocycles. The number of aliphatic hydroxyl groups excluding tert-OH is 1. The molecule has 1 saturated heterocycles. The fourth-order valence-corrected chi connectivity index (χ4v) is 3.94. The SMILES string of the molecule is Cc1nn(C)c(C)c1C(O)=C1C(=O)C(=O)N(CCCN(C)C)C1c1ccccc1F. The molecule has 1 N–H and O–H groups in total. The van der Waals surface area contributed by atoms with E-state index in [1.54, 1.807) is 43.8 Å². The number of carbonyl (C=O) groups excluding carboxylic acids is 2. The van der Waals surface area contributed by atoms with E-state index in [9.17, 15) is 19.1 Å². The van der Waals surface area contributed by atoms with E-state index in [2.05, 4.69) is 5.10 Å². The Kier molecular flexibility index (Phi) is 6.07. The molecule has 0 saturated carbocycles. The molecule has 160 valence electrons. The Bertz CT molecular complexity index is 1030. The maximum Gasteiger partial charge on any atom is 0.295 e. The highest BCUT2D eigenvalue weighted by Crippen LogP contribution is 2.41. The van der Waals surface area contributed by atoms with Crippen LogP contribution < -0.4 is 0 Å². The summed E-state index contributed by atoms with van der Waals surface area (Å²) in [7, 11) is 5.56. The van der Waals surface area contributed by atoms with Gasteiger partial charge in [-0.15, -0.1) is 0 Å². The summed E-state index contributed by atoms with van der Waals surface area (Å²) in [6, 6.07) is 5.04. The predicted molar refractivity (Wildman–Crippen MR) is 111 cm³/mol. The van der Waals surface area contributed by atoms with Crippen molar-refractivity contribution in [1.29, 1.82) is 0 Å². The molecule has 0 bridgehead atoms. The third kappa shape index (κ3) is 3.75. The molecule has 1 aliphatic rings. The van der Waals surface area contributed by atoms with E-state index < -0.39 is 23.5 Å². The Morgan fingerprint density at radius 2 is 1.90 bits per heavy atom. The molecule has 1 amide bonds. The van der Waals surface area contributed by atoms with Crippen molar-refractivity contribution < 1.29 is 19.1 Å². The van der Waals surface area contributed by atoms with Crippen molar-refractivity contribution >= 4 is 17.4 Å². The molecule has 2 heterocycles. The molecule has 1 fully saturated rings. The summed E-state index contributed by atoms with van der Waals surface area (Å²) < 4.78 is 16.3. The van der Waals surface area contributed by atoms with Gasteiger partial charge in [-0.1, -0.05) is 18.2 Å². The zero-order valence-corrected chi connectivity index (χ0v) is 17.9. The summed E-state index contributed by atoms with van der Waals surface area (Å²) >= 11 is 0. The first kappa shape index (κ1) is 21.7. The third-order valence-corrected chi connectivity index (χ3v) is 5.49. The van der Waals surface area contributed by atoms with Gasteiger partial charge in [-0.05, 0) is 47.0 Å². The second kappa shape index (κ2) is 8.39. The maximum atomic E-state index is 14.7. The van der Waals surface area contributed by atoms with Gasteiger partial charge in [-0.25, -0.2) is 4.39 Å². The Labute approximate surface area is 175 Å². The second-order valence-electron chi connectivity index (χ2n) is 7.84. The summed E-state index contributed by atoms with van der Waals surface area (Å²) in [5.41, 5.74) is 1.65. The number of carbonyl (C=O) groups is 2. The van der Waals surface area contributed by atoms with E-state index in [-0.39, 0.29) is 23.4 Å². The minimum absolute atomic E-state index is 0.103. The number of amides is 1. The van der Waals surface area contributed by atoms with E-state index in [0.717, 1.165) is 0 Å². The minimum atomic E-state index is -0.993. The van der Waals surface area contributed by atoms with Crippen LogP contribution in [0, 0.1) is 19.7 Å². The lowest BCUT2D eigenvalue weighted by Gasteiger charge is -2.26. The van der Waals surface area contributed by atoms with Crippen molar-refractivity contribution in [2.75, 3.05) is 27.2 Å². The van der Waals surface area contributed by atoms with Crippen LogP contribution in [-0.2, 0) is 16.6 Å². The monoisotopic (exact) mass is 414 g/mol. The lowest BCUT2D eigenvalue weighted by molar-refractivity contribution is -0.140. The van der Waals surface area contributed by atoms with Gasteiger partial charge in [0.2, 0.25) is 0 Å². The zero-order chi connectivity index (χ0) is 22.2. The number of hydrogen-bond donors (Lipinski definition) is 1. The normalized spacial score (nSPS) is 18.6. The first-order valence-corrected chi connectivity index (χ1v) is 9.83. The fraction of sp³-hybridized carbons (Fsp3) is 0.409. The van der Waals surface area contributed by atoms with Gasteiger partial charge in [-0.3, -0.25) is 14.3 Å². The van der Waals surface area contributed by atoms with Gasteiger partial charge in [0, 0.05) is 24.8 Å². The van der Waals surface area contributed by atoms with Gasteiger partial charge < -0.3 is 14.9 Å². The van der Waals surface area contributed by atoms with Gasteiger partial charge in [0.1, 0.15) is 11.6 Å². The van der Waals surface area contributed by atoms with Gasteiger partial charge in [-0.2, -0.15) is 5.10 Å². The number of aryl methyl sites for hydroxylation is 2. The summed E-state index contributed by atoms with van der Waals surface area (Å²) in [4.78, 5) is 29.2. The number of benzene rings is 1. The molecule has 2 aromatic rings. The number of nitrogens with zero attached hydrogens (tertiary/aromatic N) is 4. The van der Waals surface area contributed by atoms with Crippen LogP contribution in [0.2, 0.25) is 0 Å². The van der Waals surface area contributed by atoms with Crippen LogP contribution in [-0.4, -0.2) is 63.6 Å². The number of likely N-dealkylation sites (tertiary alicyclic amines) is 1. The number of ketones is 1. The van der Waals surface area contributed by atoms with E-state index in [1.807, 2.05) is 19.0 Å². The van der Waals surface area contributed by atoms with Crippen LogP contribution in [0.25, 0.3) is 5.76 Å². The highest BCUT2D eigenvalue weighted by Gasteiger charge is 2.47. The Morgan fingerprint density at radius 1 is 1.23 bits per heavy atom. The van der Waals surface area contributed by atoms with Crippen molar-refractivity contribution in [1.82, 2.24) is 19.6 Å². The summed E-state index contributed by atoms with van der Waals surface area (Å²) in [6.45, 7) is 4.45. The number of aromatic nitrogens is 2. The Morgan fingerprint density at radius 3 is 2.47 bits per heavy atom. The molecule has 0 aliphatic carbocycles. The summed E-state index contributed by atoms with van der Waals surface area (Å²) in [5.74, 6) is -2.40. The molecule has 8 heteroatoms. The molecule has 1 unspecified atom stereocenters. The Hall–Kier alpha value is -3.00. The Balaban J connectivity index is 2.18. The average Bonchev–Trinajstić information content (AvgIpc) is 3.08. The third-order valence-electron chi connectivity index (χ3n) is 5.49. The van der Waals surface area contributed by atoms with E-state index >= 15 is 0 Å². The van der Waals surface area contributed by atoms with Crippen molar-refractivity contribution in [3.05, 3.63) is 58.2 Å². The van der Waals surface area contributed by atoms with Crippen LogP contribution >= 0.6 is 0 Å². The highest BCUT2D eigenvalue weighted by atomic mass is 19.1. The van der Waals surface area contributed by atoms with E-state index in [4.69, 9.17) is 0 Å². The molecule has 0 radical (unpaired) electrons. The largest absolute Gasteiger partial charge is 0.507 e. The van der Waals surface area contributed by atoms with Gasteiger partial charge >= 0.3 is 0 Å². The molecule has 1 aliphatic heterocycles. The van der Waals surface area contributed by atoms with Crippen LogP contribution in [0.4, 0.5) is 4.39 Å². The average molecular weight is 414 g/mol. The molecule has 7 nitrogen and oxygen atoms in total. The quantitative estimate of drug-likeness (QED) is 0.447. The van der Waals surface area contributed by atoms with Crippen molar-refractivity contribution in [3.8, 4) is 0 Å². The van der Waals surface area contributed by atoms with E-state index in [0.29, 0.717) is 29.9 Å².